The summed E-state index contributed by atoms with van der Waals surface area (Å²) in [5.41, 5.74) is 3.63. The van der Waals surface area contributed by atoms with Gasteiger partial charge in [0.1, 0.15) is 0 Å². The van der Waals surface area contributed by atoms with Crippen molar-refractivity contribution in [2.24, 2.45) is 0 Å². The summed E-state index contributed by atoms with van der Waals surface area (Å²) in [5.74, 6) is 0. The van der Waals surface area contributed by atoms with Gasteiger partial charge in [-0.3, -0.25) is 0 Å². The van der Waals surface area contributed by atoms with Gasteiger partial charge in [-0.25, -0.2) is 0 Å². The number of benzene rings is 1. The summed E-state index contributed by atoms with van der Waals surface area (Å²) < 4.78 is 5.39. The third-order valence-corrected chi connectivity index (χ3v) is 2.91. The second-order valence-corrected chi connectivity index (χ2v) is 4.45. The third-order valence-electron chi connectivity index (χ3n) is 2.68. The fourth-order valence-corrected chi connectivity index (χ4v) is 1.99. The lowest BCUT2D eigenvalue weighted by molar-refractivity contribution is 0.150. The van der Waals surface area contributed by atoms with Crippen LogP contribution in [-0.2, 0) is 4.74 Å². The highest BCUT2D eigenvalue weighted by Gasteiger charge is 2.04. The highest BCUT2D eigenvalue weighted by atomic mass is 35.5. The molecule has 0 spiro atoms. The van der Waals surface area contributed by atoms with Crippen molar-refractivity contribution in [3.05, 3.63) is 40.4 Å². The standard InChI is InChI=1S/C13H16ClNO/c1-10-7-12(14)4-5-13(10)15-8-11-3-2-6-16-9-11/h3-5,7,15H,2,6,8-9H2,1H3. The molecule has 1 aliphatic rings. The lowest BCUT2D eigenvalue weighted by Gasteiger charge is -2.16. The third kappa shape index (κ3) is 3.00. The summed E-state index contributed by atoms with van der Waals surface area (Å²) in [4.78, 5) is 0. The van der Waals surface area contributed by atoms with Gasteiger partial charge in [0.05, 0.1) is 13.2 Å². The molecule has 3 heteroatoms. The van der Waals surface area contributed by atoms with E-state index in [1.165, 1.54) is 11.1 Å². The molecule has 0 saturated heterocycles. The van der Waals surface area contributed by atoms with Crippen molar-refractivity contribution in [2.45, 2.75) is 13.3 Å². The van der Waals surface area contributed by atoms with Crippen molar-refractivity contribution in [1.82, 2.24) is 0 Å². The molecule has 0 amide bonds. The molecule has 1 aromatic rings. The Hall–Kier alpha value is -0.990. The fraction of sp³-hybridized carbons (Fsp3) is 0.385. The van der Waals surface area contributed by atoms with Gasteiger partial charge in [-0.05, 0) is 42.7 Å². The normalized spacial score (nSPS) is 15.8. The van der Waals surface area contributed by atoms with E-state index >= 15 is 0 Å². The Balaban J connectivity index is 1.96. The van der Waals surface area contributed by atoms with Crippen LogP contribution in [0.1, 0.15) is 12.0 Å². The van der Waals surface area contributed by atoms with Crippen molar-refractivity contribution in [1.29, 1.82) is 0 Å². The second kappa shape index (κ2) is 5.37. The van der Waals surface area contributed by atoms with E-state index in [0.29, 0.717) is 0 Å². The molecule has 0 aliphatic carbocycles. The van der Waals surface area contributed by atoms with Gasteiger partial charge in [0.2, 0.25) is 0 Å². The van der Waals surface area contributed by atoms with Crippen LogP contribution in [0.5, 0.6) is 0 Å². The van der Waals surface area contributed by atoms with E-state index in [2.05, 4.69) is 18.3 Å². The van der Waals surface area contributed by atoms with Crippen LogP contribution in [0.15, 0.2) is 29.8 Å². The predicted molar refractivity (Wildman–Crippen MR) is 68.2 cm³/mol. The van der Waals surface area contributed by atoms with E-state index in [1.54, 1.807) is 0 Å². The number of ether oxygens (including phenoxy) is 1. The molecule has 16 heavy (non-hydrogen) atoms. The molecular weight excluding hydrogens is 222 g/mol. The molecule has 0 saturated carbocycles. The molecule has 0 unspecified atom stereocenters. The lowest BCUT2D eigenvalue weighted by Crippen LogP contribution is -2.14. The van der Waals surface area contributed by atoms with Gasteiger partial charge in [-0.2, -0.15) is 0 Å². The first-order valence-electron chi connectivity index (χ1n) is 5.51. The van der Waals surface area contributed by atoms with E-state index in [9.17, 15) is 0 Å². The summed E-state index contributed by atoms with van der Waals surface area (Å²) in [6.07, 6.45) is 3.28. The minimum absolute atomic E-state index is 0.750. The Labute approximate surface area is 101 Å². The molecule has 0 atom stereocenters. The van der Waals surface area contributed by atoms with Crippen LogP contribution in [-0.4, -0.2) is 19.8 Å². The number of anilines is 1. The van der Waals surface area contributed by atoms with Crippen molar-refractivity contribution in [3.63, 3.8) is 0 Å². The van der Waals surface area contributed by atoms with Crippen molar-refractivity contribution in [2.75, 3.05) is 25.1 Å². The van der Waals surface area contributed by atoms with Crippen LogP contribution in [0.25, 0.3) is 0 Å². The molecule has 2 nitrogen and oxygen atoms in total. The molecule has 1 heterocycles. The van der Waals surface area contributed by atoms with Crippen LogP contribution in [0.2, 0.25) is 5.02 Å². The molecular formula is C13H16ClNO. The average Bonchev–Trinajstić information content (AvgIpc) is 2.29. The Morgan fingerprint density at radius 3 is 3.00 bits per heavy atom. The van der Waals surface area contributed by atoms with Crippen molar-refractivity contribution in [3.8, 4) is 0 Å². The first-order chi connectivity index (χ1) is 7.75. The first kappa shape index (κ1) is 11.5. The fourth-order valence-electron chi connectivity index (χ4n) is 1.77. The maximum Gasteiger partial charge on any atom is 0.0693 e. The summed E-state index contributed by atoms with van der Waals surface area (Å²) in [6, 6.07) is 5.89. The molecule has 0 radical (unpaired) electrons. The minimum Gasteiger partial charge on any atom is -0.381 e. The van der Waals surface area contributed by atoms with Crippen LogP contribution >= 0.6 is 11.6 Å². The zero-order valence-electron chi connectivity index (χ0n) is 9.42. The Kier molecular flexibility index (Phi) is 3.86. The monoisotopic (exact) mass is 237 g/mol. The van der Waals surface area contributed by atoms with Gasteiger partial charge >= 0.3 is 0 Å². The van der Waals surface area contributed by atoms with Gasteiger partial charge in [0, 0.05) is 17.3 Å². The van der Waals surface area contributed by atoms with Crippen molar-refractivity contribution >= 4 is 17.3 Å². The van der Waals surface area contributed by atoms with Crippen LogP contribution in [0, 0.1) is 6.92 Å². The molecule has 1 aromatic carbocycles. The zero-order valence-corrected chi connectivity index (χ0v) is 10.2. The predicted octanol–water partition coefficient (Wildman–Crippen LogP) is 3.41. The maximum absolute atomic E-state index is 5.91. The zero-order chi connectivity index (χ0) is 11.4. The van der Waals surface area contributed by atoms with Crippen molar-refractivity contribution < 1.29 is 4.74 Å². The smallest absolute Gasteiger partial charge is 0.0693 e. The number of aryl methyl sites for hydroxylation is 1. The van der Waals surface area contributed by atoms with Crippen LogP contribution in [0.4, 0.5) is 5.69 Å². The molecule has 2 rings (SSSR count). The van der Waals surface area contributed by atoms with E-state index < -0.39 is 0 Å². The number of rotatable bonds is 3. The van der Waals surface area contributed by atoms with E-state index in [4.69, 9.17) is 16.3 Å². The van der Waals surface area contributed by atoms with Gasteiger partial charge in [0.25, 0.3) is 0 Å². The van der Waals surface area contributed by atoms with Gasteiger partial charge in [0.15, 0.2) is 0 Å². The number of hydrogen-bond acceptors (Lipinski definition) is 2. The summed E-state index contributed by atoms with van der Waals surface area (Å²) >= 11 is 5.91. The highest BCUT2D eigenvalue weighted by Crippen LogP contribution is 2.20. The average molecular weight is 238 g/mol. The second-order valence-electron chi connectivity index (χ2n) is 4.02. The SMILES string of the molecule is Cc1cc(Cl)ccc1NCC1=CCCOC1. The maximum atomic E-state index is 5.91. The topological polar surface area (TPSA) is 21.3 Å². The molecule has 1 N–H and O–H groups in total. The van der Waals surface area contributed by atoms with E-state index in [1.807, 2.05) is 18.2 Å². The van der Waals surface area contributed by atoms with E-state index in [0.717, 1.165) is 36.9 Å². The van der Waals surface area contributed by atoms with E-state index in [-0.39, 0.29) is 0 Å². The number of hydrogen-bond donors (Lipinski definition) is 1. The summed E-state index contributed by atoms with van der Waals surface area (Å²) in [5, 5.41) is 4.18. The molecule has 0 fully saturated rings. The molecule has 1 aliphatic heterocycles. The molecule has 0 aromatic heterocycles. The highest BCUT2D eigenvalue weighted by molar-refractivity contribution is 6.30. The van der Waals surface area contributed by atoms with Gasteiger partial charge < -0.3 is 10.1 Å². The van der Waals surface area contributed by atoms with Crippen LogP contribution in [0.3, 0.4) is 0 Å². The summed E-state index contributed by atoms with van der Waals surface area (Å²) in [6.45, 7) is 4.51. The molecule has 86 valence electrons. The molecule has 0 bridgehead atoms. The quantitative estimate of drug-likeness (QED) is 0.814. The lowest BCUT2D eigenvalue weighted by atomic mass is 10.1. The van der Waals surface area contributed by atoms with Crippen LogP contribution < -0.4 is 5.32 Å². The minimum atomic E-state index is 0.750. The first-order valence-corrected chi connectivity index (χ1v) is 5.89. The number of halogens is 1. The Morgan fingerprint density at radius 1 is 1.44 bits per heavy atom. The van der Waals surface area contributed by atoms with Gasteiger partial charge in [-0.15, -0.1) is 0 Å². The Bertz CT molecular complexity index is 401. The largest absolute Gasteiger partial charge is 0.381 e. The van der Waals surface area contributed by atoms with Gasteiger partial charge in [-0.1, -0.05) is 17.7 Å². The summed E-state index contributed by atoms with van der Waals surface area (Å²) in [7, 11) is 0. The Morgan fingerprint density at radius 2 is 2.31 bits per heavy atom. The number of nitrogens with one attached hydrogen (secondary N) is 1.